The number of ether oxygens (including phenoxy) is 1. The largest absolute Gasteiger partial charge is 0.492 e. The Morgan fingerprint density at radius 1 is 1.28 bits per heavy atom. The topological polar surface area (TPSA) is 71.5 Å². The van der Waals surface area contributed by atoms with Gasteiger partial charge < -0.3 is 4.74 Å². The van der Waals surface area contributed by atoms with Crippen LogP contribution in [0.3, 0.4) is 0 Å². The second-order valence-corrected chi connectivity index (χ2v) is 9.48. The highest BCUT2D eigenvalue weighted by molar-refractivity contribution is 7.89. The van der Waals surface area contributed by atoms with Crippen LogP contribution in [0.4, 0.5) is 0 Å². The zero-order valence-electron chi connectivity index (χ0n) is 13.8. The molecule has 0 amide bonds. The summed E-state index contributed by atoms with van der Waals surface area (Å²) in [6.07, 6.45) is 3.65. The molecule has 1 spiro atoms. The van der Waals surface area contributed by atoms with Gasteiger partial charge in [-0.05, 0) is 38.1 Å². The molecule has 2 aromatic rings. The van der Waals surface area contributed by atoms with Gasteiger partial charge in [0, 0.05) is 23.5 Å². The fourth-order valence-corrected chi connectivity index (χ4v) is 5.39. The zero-order valence-corrected chi connectivity index (χ0v) is 15.5. The summed E-state index contributed by atoms with van der Waals surface area (Å²) in [6, 6.07) is 6.84. The molecule has 2 aliphatic heterocycles. The van der Waals surface area contributed by atoms with Crippen LogP contribution in [0, 0.1) is 5.41 Å². The van der Waals surface area contributed by atoms with E-state index in [9.17, 15) is 8.42 Å². The highest BCUT2D eigenvalue weighted by Gasteiger charge is 2.39. The van der Waals surface area contributed by atoms with E-state index >= 15 is 0 Å². The van der Waals surface area contributed by atoms with Crippen LogP contribution >= 0.6 is 11.3 Å². The van der Waals surface area contributed by atoms with Gasteiger partial charge in [-0.1, -0.05) is 12.1 Å². The Labute approximate surface area is 151 Å². The van der Waals surface area contributed by atoms with Crippen molar-refractivity contribution in [2.45, 2.75) is 24.3 Å². The van der Waals surface area contributed by atoms with Gasteiger partial charge in [-0.3, -0.25) is 4.90 Å². The van der Waals surface area contributed by atoms with Crippen LogP contribution in [-0.4, -0.2) is 44.5 Å². The van der Waals surface area contributed by atoms with Gasteiger partial charge in [0.15, 0.2) is 0 Å². The molecule has 25 heavy (non-hydrogen) atoms. The number of fused-ring (bicyclic) bond motifs is 1. The van der Waals surface area contributed by atoms with E-state index in [-0.39, 0.29) is 10.3 Å². The van der Waals surface area contributed by atoms with E-state index in [0.717, 1.165) is 37.5 Å². The van der Waals surface area contributed by atoms with E-state index in [1.165, 1.54) is 0 Å². The van der Waals surface area contributed by atoms with E-state index in [0.29, 0.717) is 18.9 Å². The van der Waals surface area contributed by atoms with Crippen LogP contribution in [0.15, 0.2) is 40.7 Å². The maximum atomic E-state index is 12.5. The summed E-state index contributed by atoms with van der Waals surface area (Å²) < 4.78 is 33.8. The molecular formula is C17H21N3O3S2. The molecule has 0 saturated carbocycles. The molecule has 0 atom stereocenters. The molecule has 0 unspecified atom stereocenters. The first-order valence-electron chi connectivity index (χ1n) is 8.39. The molecule has 1 aromatic carbocycles. The van der Waals surface area contributed by atoms with Crippen LogP contribution in [0.1, 0.15) is 17.8 Å². The van der Waals surface area contributed by atoms with Crippen molar-refractivity contribution < 1.29 is 13.2 Å². The van der Waals surface area contributed by atoms with Gasteiger partial charge >= 0.3 is 0 Å². The summed E-state index contributed by atoms with van der Waals surface area (Å²) >= 11 is 1.67. The maximum absolute atomic E-state index is 12.5. The summed E-state index contributed by atoms with van der Waals surface area (Å²) in [5.74, 6) is 0.444. The molecule has 134 valence electrons. The van der Waals surface area contributed by atoms with Crippen molar-refractivity contribution in [1.82, 2.24) is 14.6 Å². The third-order valence-electron chi connectivity index (χ3n) is 5.07. The zero-order chi connectivity index (χ0) is 17.3. The van der Waals surface area contributed by atoms with Crippen LogP contribution in [0.25, 0.3) is 0 Å². The predicted molar refractivity (Wildman–Crippen MR) is 96.2 cm³/mol. The van der Waals surface area contributed by atoms with Gasteiger partial charge in [-0.15, -0.1) is 11.3 Å². The third kappa shape index (κ3) is 3.57. The number of sulfonamides is 1. The summed E-state index contributed by atoms with van der Waals surface area (Å²) in [7, 11) is -3.53. The predicted octanol–water partition coefficient (Wildman–Crippen LogP) is 2.10. The molecular weight excluding hydrogens is 358 g/mol. The number of hydrogen-bond donors (Lipinski definition) is 1. The van der Waals surface area contributed by atoms with Gasteiger partial charge in [-0.25, -0.2) is 18.1 Å². The van der Waals surface area contributed by atoms with Gasteiger partial charge in [0.1, 0.15) is 15.7 Å². The summed E-state index contributed by atoms with van der Waals surface area (Å²) in [6.45, 7) is 3.67. The van der Waals surface area contributed by atoms with Gasteiger partial charge in [0.2, 0.25) is 10.0 Å². The highest BCUT2D eigenvalue weighted by Crippen LogP contribution is 2.36. The van der Waals surface area contributed by atoms with Crippen molar-refractivity contribution in [2.24, 2.45) is 5.41 Å². The molecule has 4 rings (SSSR count). The molecule has 2 aliphatic rings. The lowest BCUT2D eigenvalue weighted by molar-refractivity contribution is 0.0522. The van der Waals surface area contributed by atoms with Gasteiger partial charge in [0.05, 0.1) is 13.2 Å². The van der Waals surface area contributed by atoms with Crippen LogP contribution in [-0.2, 0) is 16.6 Å². The van der Waals surface area contributed by atoms with E-state index in [2.05, 4.69) is 14.6 Å². The van der Waals surface area contributed by atoms with E-state index in [1.54, 1.807) is 35.6 Å². The highest BCUT2D eigenvalue weighted by atomic mass is 32.2. The van der Waals surface area contributed by atoms with Crippen molar-refractivity contribution in [3.8, 4) is 5.75 Å². The van der Waals surface area contributed by atoms with Crippen molar-refractivity contribution in [3.63, 3.8) is 0 Å². The number of aromatic nitrogens is 1. The summed E-state index contributed by atoms with van der Waals surface area (Å²) in [5, 5.41) is 3.12. The first kappa shape index (κ1) is 17.0. The molecule has 1 aromatic heterocycles. The number of thiazole rings is 1. The lowest BCUT2D eigenvalue weighted by Gasteiger charge is -2.42. The standard InChI is InChI=1S/C17H21N3O3S2/c21-25(22)15-4-2-1-3-14(15)23-13-17(12-19-25)5-8-20(9-6-17)11-16-18-7-10-24-16/h1-4,7,10,19H,5-6,8-9,11-13H2. The van der Waals surface area contributed by atoms with Crippen LogP contribution in [0.5, 0.6) is 5.75 Å². The Bertz CT molecular complexity index is 829. The van der Waals surface area contributed by atoms with Crippen molar-refractivity contribution in [2.75, 3.05) is 26.2 Å². The number of benzene rings is 1. The third-order valence-corrected chi connectivity index (χ3v) is 7.27. The first-order chi connectivity index (χ1) is 12.1. The molecule has 0 bridgehead atoms. The normalized spacial score (nSPS) is 22.6. The van der Waals surface area contributed by atoms with Crippen molar-refractivity contribution in [1.29, 1.82) is 0 Å². The Balaban J connectivity index is 1.47. The smallest absolute Gasteiger partial charge is 0.244 e. The maximum Gasteiger partial charge on any atom is 0.244 e. The van der Waals surface area contributed by atoms with Crippen molar-refractivity contribution >= 4 is 21.4 Å². The van der Waals surface area contributed by atoms with Crippen LogP contribution < -0.4 is 9.46 Å². The molecule has 1 saturated heterocycles. The minimum Gasteiger partial charge on any atom is -0.492 e. The number of hydrogen-bond acceptors (Lipinski definition) is 6. The minimum atomic E-state index is -3.53. The average molecular weight is 380 g/mol. The van der Waals surface area contributed by atoms with Crippen molar-refractivity contribution in [3.05, 3.63) is 40.8 Å². The number of nitrogens with zero attached hydrogens (tertiary/aromatic N) is 2. The Hall–Kier alpha value is -1.48. The van der Waals surface area contributed by atoms with E-state index < -0.39 is 10.0 Å². The van der Waals surface area contributed by atoms with Crippen LogP contribution in [0.2, 0.25) is 0 Å². The average Bonchev–Trinajstić information content (AvgIpc) is 3.13. The SMILES string of the molecule is O=S1(=O)NCC2(CCN(Cc3nccs3)CC2)COc2ccccc21. The van der Waals surface area contributed by atoms with E-state index in [1.807, 2.05) is 11.6 Å². The van der Waals surface area contributed by atoms with Gasteiger partial charge in [0.25, 0.3) is 0 Å². The Kier molecular flexibility index (Phi) is 4.53. The number of rotatable bonds is 2. The van der Waals surface area contributed by atoms with Gasteiger partial charge in [-0.2, -0.15) is 0 Å². The lowest BCUT2D eigenvalue weighted by atomic mass is 9.79. The number of piperidine rings is 1. The van der Waals surface area contributed by atoms with E-state index in [4.69, 9.17) is 4.74 Å². The number of nitrogens with one attached hydrogen (secondary N) is 1. The molecule has 0 aliphatic carbocycles. The molecule has 0 radical (unpaired) electrons. The fourth-order valence-electron chi connectivity index (χ4n) is 3.43. The first-order valence-corrected chi connectivity index (χ1v) is 10.7. The molecule has 8 heteroatoms. The molecule has 1 N–H and O–H groups in total. The number of likely N-dealkylation sites (tertiary alicyclic amines) is 1. The minimum absolute atomic E-state index is 0.153. The number of para-hydroxylation sites is 1. The molecule has 6 nitrogen and oxygen atoms in total. The summed E-state index contributed by atoms with van der Waals surface area (Å²) in [4.78, 5) is 6.95. The fraction of sp³-hybridized carbons (Fsp3) is 0.471. The second-order valence-electron chi connectivity index (χ2n) is 6.76. The summed E-state index contributed by atoms with van der Waals surface area (Å²) in [5.41, 5.74) is -0.153. The Morgan fingerprint density at radius 2 is 2.08 bits per heavy atom. The molecule has 3 heterocycles. The monoisotopic (exact) mass is 379 g/mol. The second kappa shape index (κ2) is 6.68. The quantitative estimate of drug-likeness (QED) is 0.865. The lowest BCUT2D eigenvalue weighted by Crippen LogP contribution is -2.49. The molecule has 1 fully saturated rings. The Morgan fingerprint density at radius 3 is 2.84 bits per heavy atom.